The highest BCUT2D eigenvalue weighted by Crippen LogP contribution is 2.22. The van der Waals surface area contributed by atoms with Gasteiger partial charge in [-0.3, -0.25) is 9.59 Å². The number of benzene rings is 3. The van der Waals surface area contributed by atoms with Crippen LogP contribution < -0.4 is 10.6 Å². The quantitative estimate of drug-likeness (QED) is 0.507. The van der Waals surface area contributed by atoms with Crippen molar-refractivity contribution in [2.24, 2.45) is 0 Å². The van der Waals surface area contributed by atoms with Crippen molar-refractivity contribution in [3.63, 3.8) is 0 Å². The van der Waals surface area contributed by atoms with E-state index >= 15 is 0 Å². The molecule has 0 atom stereocenters. The second kappa shape index (κ2) is 8.45. The molecule has 30 heavy (non-hydrogen) atoms. The Balaban J connectivity index is 1.48. The van der Waals surface area contributed by atoms with Gasteiger partial charge in [-0.1, -0.05) is 66.7 Å². The Kier molecular flexibility index (Phi) is 5.39. The standard InChI is InChI=1S/C24H19N3O3/c28-22(25-20-12-5-2-6-13-20)16-27-23(29)21(26-24(27)30)15-17-8-7-11-19(14-17)18-9-3-1-4-10-18/h1-15H,16H2,(H,25,28)(H,26,30). The number of nitrogens with one attached hydrogen (secondary N) is 2. The van der Waals surface area contributed by atoms with Gasteiger partial charge in [0.05, 0.1) is 0 Å². The number of rotatable bonds is 5. The molecule has 0 bridgehead atoms. The molecule has 1 saturated heterocycles. The summed E-state index contributed by atoms with van der Waals surface area (Å²) >= 11 is 0. The van der Waals surface area contributed by atoms with E-state index < -0.39 is 17.8 Å². The van der Waals surface area contributed by atoms with Crippen molar-refractivity contribution in [3.05, 3.63) is 96.2 Å². The third-order valence-electron chi connectivity index (χ3n) is 4.63. The normalized spacial score (nSPS) is 14.7. The van der Waals surface area contributed by atoms with E-state index in [4.69, 9.17) is 0 Å². The summed E-state index contributed by atoms with van der Waals surface area (Å²) < 4.78 is 0. The van der Waals surface area contributed by atoms with Crippen LogP contribution in [0.25, 0.3) is 17.2 Å². The van der Waals surface area contributed by atoms with Crippen LogP contribution in [0.4, 0.5) is 10.5 Å². The highest BCUT2D eigenvalue weighted by atomic mass is 16.2. The summed E-state index contributed by atoms with van der Waals surface area (Å²) in [5.41, 5.74) is 3.57. The Hall–Kier alpha value is -4.19. The van der Waals surface area contributed by atoms with Gasteiger partial charge in [-0.05, 0) is 41.0 Å². The molecule has 3 aromatic rings. The van der Waals surface area contributed by atoms with E-state index in [1.165, 1.54) is 0 Å². The van der Waals surface area contributed by atoms with Gasteiger partial charge in [-0.2, -0.15) is 0 Å². The van der Waals surface area contributed by atoms with Crippen LogP contribution in [-0.2, 0) is 9.59 Å². The zero-order valence-corrected chi connectivity index (χ0v) is 16.0. The van der Waals surface area contributed by atoms with Crippen molar-refractivity contribution in [2.45, 2.75) is 0 Å². The van der Waals surface area contributed by atoms with Crippen LogP contribution in [0, 0.1) is 0 Å². The molecular formula is C24H19N3O3. The number of carbonyl (C=O) groups excluding carboxylic acids is 3. The second-order valence-electron chi connectivity index (χ2n) is 6.79. The van der Waals surface area contributed by atoms with E-state index in [2.05, 4.69) is 10.6 Å². The third kappa shape index (κ3) is 4.28. The maximum absolute atomic E-state index is 12.7. The van der Waals surface area contributed by atoms with E-state index in [0.717, 1.165) is 21.6 Å². The minimum atomic E-state index is -0.617. The lowest BCUT2D eigenvalue weighted by Crippen LogP contribution is -2.38. The predicted octanol–water partition coefficient (Wildman–Crippen LogP) is 3.89. The van der Waals surface area contributed by atoms with Crippen LogP contribution in [0.1, 0.15) is 5.56 Å². The van der Waals surface area contributed by atoms with Crippen molar-refractivity contribution < 1.29 is 14.4 Å². The maximum Gasteiger partial charge on any atom is 0.329 e. The smallest absolute Gasteiger partial charge is 0.325 e. The molecule has 0 radical (unpaired) electrons. The van der Waals surface area contributed by atoms with Crippen LogP contribution >= 0.6 is 0 Å². The molecule has 4 rings (SSSR count). The van der Waals surface area contributed by atoms with Gasteiger partial charge in [-0.15, -0.1) is 0 Å². The van der Waals surface area contributed by atoms with Gasteiger partial charge in [0.25, 0.3) is 5.91 Å². The first-order chi connectivity index (χ1) is 14.6. The molecule has 4 amide bonds. The lowest BCUT2D eigenvalue weighted by atomic mass is 10.0. The van der Waals surface area contributed by atoms with E-state index in [1.54, 1.807) is 30.3 Å². The lowest BCUT2D eigenvalue weighted by molar-refractivity contribution is -0.127. The summed E-state index contributed by atoms with van der Waals surface area (Å²) in [5, 5.41) is 5.22. The second-order valence-corrected chi connectivity index (χ2v) is 6.79. The van der Waals surface area contributed by atoms with Crippen LogP contribution in [0.2, 0.25) is 0 Å². The summed E-state index contributed by atoms with van der Waals surface area (Å²) in [7, 11) is 0. The number of nitrogens with zero attached hydrogens (tertiary/aromatic N) is 1. The van der Waals surface area contributed by atoms with Gasteiger partial charge in [0.1, 0.15) is 12.2 Å². The molecular weight excluding hydrogens is 378 g/mol. The van der Waals surface area contributed by atoms with Gasteiger partial charge in [-0.25, -0.2) is 9.69 Å². The Morgan fingerprint density at radius 2 is 1.53 bits per heavy atom. The molecule has 0 saturated carbocycles. The Bertz CT molecular complexity index is 1120. The maximum atomic E-state index is 12.7. The summed E-state index contributed by atoms with van der Waals surface area (Å²) in [6, 6.07) is 25.8. The van der Waals surface area contributed by atoms with Crippen molar-refractivity contribution in [3.8, 4) is 11.1 Å². The third-order valence-corrected chi connectivity index (χ3v) is 4.63. The molecule has 1 heterocycles. The van der Waals surface area contributed by atoms with Crippen LogP contribution in [0.15, 0.2) is 90.6 Å². The van der Waals surface area contributed by atoms with Crippen LogP contribution in [0.3, 0.4) is 0 Å². The van der Waals surface area contributed by atoms with E-state index in [1.807, 2.05) is 60.7 Å². The van der Waals surface area contributed by atoms with E-state index in [0.29, 0.717) is 5.69 Å². The Morgan fingerprint density at radius 3 is 2.27 bits per heavy atom. The first-order valence-electron chi connectivity index (χ1n) is 9.45. The molecule has 0 aromatic heterocycles. The zero-order valence-electron chi connectivity index (χ0n) is 16.0. The molecule has 0 spiro atoms. The number of urea groups is 1. The Morgan fingerprint density at radius 1 is 0.867 bits per heavy atom. The largest absolute Gasteiger partial charge is 0.329 e. The number of amides is 4. The van der Waals surface area contributed by atoms with Crippen molar-refractivity contribution >= 4 is 29.6 Å². The van der Waals surface area contributed by atoms with Crippen molar-refractivity contribution in [2.75, 3.05) is 11.9 Å². The van der Waals surface area contributed by atoms with E-state index in [-0.39, 0.29) is 12.2 Å². The number of carbonyl (C=O) groups is 3. The molecule has 1 aliphatic heterocycles. The van der Waals surface area contributed by atoms with Crippen LogP contribution in [-0.4, -0.2) is 29.3 Å². The first kappa shape index (κ1) is 19.1. The SMILES string of the molecule is O=C(CN1C(=O)NC(=Cc2cccc(-c3ccccc3)c2)C1=O)Nc1ccccc1. The van der Waals surface area contributed by atoms with E-state index in [9.17, 15) is 14.4 Å². The molecule has 1 fully saturated rings. The molecule has 6 heteroatoms. The highest BCUT2D eigenvalue weighted by Gasteiger charge is 2.34. The minimum absolute atomic E-state index is 0.137. The fraction of sp³-hybridized carbons (Fsp3) is 0.0417. The molecule has 6 nitrogen and oxygen atoms in total. The van der Waals surface area contributed by atoms with Gasteiger partial charge in [0, 0.05) is 5.69 Å². The fourth-order valence-corrected chi connectivity index (χ4v) is 3.19. The van der Waals surface area contributed by atoms with Crippen molar-refractivity contribution in [1.29, 1.82) is 0 Å². The number of para-hydroxylation sites is 1. The molecule has 148 valence electrons. The van der Waals surface area contributed by atoms with Gasteiger partial charge in [0.15, 0.2) is 0 Å². The predicted molar refractivity (Wildman–Crippen MR) is 115 cm³/mol. The molecule has 3 aromatic carbocycles. The van der Waals surface area contributed by atoms with Crippen molar-refractivity contribution in [1.82, 2.24) is 10.2 Å². The zero-order chi connectivity index (χ0) is 20.9. The molecule has 2 N–H and O–H groups in total. The average Bonchev–Trinajstić information content (AvgIpc) is 3.02. The minimum Gasteiger partial charge on any atom is -0.325 e. The highest BCUT2D eigenvalue weighted by molar-refractivity contribution is 6.16. The number of imide groups is 1. The van der Waals surface area contributed by atoms with Crippen LogP contribution in [0.5, 0.6) is 0 Å². The molecule has 0 aliphatic carbocycles. The van der Waals surface area contributed by atoms with Gasteiger partial charge in [0.2, 0.25) is 5.91 Å². The fourth-order valence-electron chi connectivity index (χ4n) is 3.19. The number of hydrogen-bond acceptors (Lipinski definition) is 3. The number of hydrogen-bond donors (Lipinski definition) is 2. The summed E-state index contributed by atoms with van der Waals surface area (Å²) in [5.74, 6) is -0.981. The topological polar surface area (TPSA) is 78.5 Å². The Labute approximate surface area is 173 Å². The number of anilines is 1. The summed E-state index contributed by atoms with van der Waals surface area (Å²) in [6.07, 6.45) is 1.61. The monoisotopic (exact) mass is 397 g/mol. The van der Waals surface area contributed by atoms with Gasteiger partial charge < -0.3 is 10.6 Å². The molecule has 1 aliphatic rings. The lowest BCUT2D eigenvalue weighted by Gasteiger charge is -2.11. The average molecular weight is 397 g/mol. The molecule has 0 unspecified atom stereocenters. The summed E-state index contributed by atoms with van der Waals surface area (Å²) in [4.78, 5) is 38.0. The van der Waals surface area contributed by atoms with Gasteiger partial charge >= 0.3 is 6.03 Å². The first-order valence-corrected chi connectivity index (χ1v) is 9.45. The summed E-state index contributed by atoms with van der Waals surface area (Å²) in [6.45, 7) is -0.360.